The van der Waals surface area contributed by atoms with Crippen LogP contribution in [0.4, 0.5) is 5.69 Å². The molecule has 1 aromatic carbocycles. The summed E-state index contributed by atoms with van der Waals surface area (Å²) < 4.78 is 0. The number of amides is 2. The summed E-state index contributed by atoms with van der Waals surface area (Å²) >= 11 is 0. The Morgan fingerprint density at radius 3 is 2.68 bits per heavy atom. The van der Waals surface area contributed by atoms with Gasteiger partial charge in [-0.15, -0.1) is 0 Å². The lowest BCUT2D eigenvalue weighted by Gasteiger charge is -2.19. The summed E-state index contributed by atoms with van der Waals surface area (Å²) in [7, 11) is 0. The number of fused-ring (bicyclic) bond motifs is 2. The number of nitrogens with zero attached hydrogens (tertiary/aromatic N) is 3. The van der Waals surface area contributed by atoms with E-state index in [0.717, 1.165) is 5.56 Å². The lowest BCUT2D eigenvalue weighted by Crippen LogP contribution is -2.49. The normalized spacial score (nSPS) is 18.9. The number of aromatic nitrogens is 4. The number of H-pyrrole nitrogens is 1. The van der Waals surface area contributed by atoms with Gasteiger partial charge in [0.05, 0.1) is 16.6 Å². The van der Waals surface area contributed by atoms with Crippen molar-refractivity contribution in [3.05, 3.63) is 35.9 Å². The zero-order valence-corrected chi connectivity index (χ0v) is 13.5. The van der Waals surface area contributed by atoms with Gasteiger partial charge in [0.25, 0.3) is 5.91 Å². The first-order chi connectivity index (χ1) is 11.9. The molecule has 1 aliphatic rings. The maximum absolute atomic E-state index is 12.3. The second-order valence-corrected chi connectivity index (χ2v) is 6.07. The third-order valence-electron chi connectivity index (χ3n) is 4.50. The van der Waals surface area contributed by atoms with Gasteiger partial charge in [-0.05, 0) is 26.0 Å². The highest BCUT2D eigenvalue weighted by atomic mass is 16.2. The van der Waals surface area contributed by atoms with E-state index >= 15 is 0 Å². The quantitative estimate of drug-likeness (QED) is 0.233. The first-order valence-corrected chi connectivity index (χ1v) is 7.59. The maximum Gasteiger partial charge on any atom is 0.253 e. The molecular formula is C16H15N7O2. The summed E-state index contributed by atoms with van der Waals surface area (Å²) in [6, 6.07) is 3.47. The molecule has 3 heterocycles. The van der Waals surface area contributed by atoms with Crippen molar-refractivity contribution in [1.82, 2.24) is 25.4 Å². The molecule has 2 amide bonds. The summed E-state index contributed by atoms with van der Waals surface area (Å²) in [6.07, 6.45) is 3.36. The van der Waals surface area contributed by atoms with Gasteiger partial charge < -0.3 is 10.3 Å². The van der Waals surface area contributed by atoms with Crippen LogP contribution in [0.1, 0.15) is 18.3 Å². The van der Waals surface area contributed by atoms with Crippen LogP contribution in [-0.2, 0) is 15.0 Å². The van der Waals surface area contributed by atoms with E-state index in [1.807, 2.05) is 0 Å². The van der Waals surface area contributed by atoms with Gasteiger partial charge in [-0.1, -0.05) is 0 Å². The van der Waals surface area contributed by atoms with E-state index in [9.17, 15) is 9.59 Å². The summed E-state index contributed by atoms with van der Waals surface area (Å²) in [5.74, 6) is 5.53. The Morgan fingerprint density at radius 1 is 1.28 bits per heavy atom. The first kappa shape index (κ1) is 15.2. The smallest absolute Gasteiger partial charge is 0.253 e. The SMILES string of the molecule is Cc1ncc(-c2nc3cc4c(cc3[nH]2)C(C)(C(=O)NN)C(=O)N4)cn1. The lowest BCUT2D eigenvalue weighted by atomic mass is 9.83. The fourth-order valence-corrected chi connectivity index (χ4v) is 2.96. The fraction of sp³-hybridized carbons (Fsp3) is 0.188. The molecule has 0 radical (unpaired) electrons. The molecule has 0 fully saturated rings. The second-order valence-electron chi connectivity index (χ2n) is 6.07. The lowest BCUT2D eigenvalue weighted by molar-refractivity contribution is -0.133. The van der Waals surface area contributed by atoms with E-state index in [4.69, 9.17) is 5.84 Å². The van der Waals surface area contributed by atoms with Crippen molar-refractivity contribution in [3.63, 3.8) is 0 Å². The molecule has 9 heteroatoms. The van der Waals surface area contributed by atoms with Crippen LogP contribution in [0.5, 0.6) is 0 Å². The number of anilines is 1. The molecule has 0 aliphatic carbocycles. The average Bonchev–Trinajstić information content (AvgIpc) is 3.12. The number of hydrogen-bond acceptors (Lipinski definition) is 6. The predicted octanol–water partition coefficient (Wildman–Crippen LogP) is 0.528. The molecule has 126 valence electrons. The summed E-state index contributed by atoms with van der Waals surface area (Å²) in [4.78, 5) is 40.5. The van der Waals surface area contributed by atoms with Gasteiger partial charge in [0, 0.05) is 23.6 Å². The van der Waals surface area contributed by atoms with E-state index in [1.165, 1.54) is 6.92 Å². The Labute approximate surface area is 142 Å². The summed E-state index contributed by atoms with van der Waals surface area (Å²) in [5.41, 5.74) is 3.86. The number of rotatable bonds is 2. The molecule has 0 spiro atoms. The third-order valence-corrected chi connectivity index (χ3v) is 4.50. The minimum atomic E-state index is -1.39. The standard InChI is InChI=1S/C16H15N7O2/c1-7-18-5-8(6-19-7)13-20-11-3-9-10(4-12(11)21-13)22-14(24)16(9,2)15(25)23-17/h3-6H,17H2,1-2H3,(H,20,21)(H,22,24)(H,23,25). The Morgan fingerprint density at radius 2 is 2.00 bits per heavy atom. The van der Waals surface area contributed by atoms with Crippen molar-refractivity contribution in [2.45, 2.75) is 19.3 Å². The molecule has 1 atom stereocenters. The van der Waals surface area contributed by atoms with Gasteiger partial charge in [0.2, 0.25) is 5.91 Å². The van der Waals surface area contributed by atoms with E-state index in [1.54, 1.807) is 31.5 Å². The Kier molecular flexibility index (Phi) is 3.09. The number of carbonyl (C=O) groups excluding carboxylic acids is 2. The molecule has 9 nitrogen and oxygen atoms in total. The number of carbonyl (C=O) groups is 2. The predicted molar refractivity (Wildman–Crippen MR) is 90.2 cm³/mol. The van der Waals surface area contributed by atoms with Crippen molar-refractivity contribution < 1.29 is 9.59 Å². The van der Waals surface area contributed by atoms with Crippen molar-refractivity contribution >= 4 is 28.5 Å². The van der Waals surface area contributed by atoms with Crippen LogP contribution < -0.4 is 16.6 Å². The number of hydrazine groups is 1. The molecule has 5 N–H and O–H groups in total. The minimum absolute atomic E-state index is 0.426. The molecule has 25 heavy (non-hydrogen) atoms. The molecule has 2 aromatic heterocycles. The van der Waals surface area contributed by atoms with Gasteiger partial charge in [-0.3, -0.25) is 15.0 Å². The van der Waals surface area contributed by atoms with Crippen LogP contribution in [0, 0.1) is 6.92 Å². The molecule has 0 saturated heterocycles. The molecule has 0 saturated carbocycles. The van der Waals surface area contributed by atoms with Crippen LogP contribution in [0.2, 0.25) is 0 Å². The fourth-order valence-electron chi connectivity index (χ4n) is 2.96. The van der Waals surface area contributed by atoms with Crippen molar-refractivity contribution in [2.24, 2.45) is 5.84 Å². The average molecular weight is 337 g/mol. The topological polar surface area (TPSA) is 139 Å². The highest BCUT2D eigenvalue weighted by molar-refractivity contribution is 6.21. The van der Waals surface area contributed by atoms with Gasteiger partial charge in [-0.25, -0.2) is 20.8 Å². The van der Waals surface area contributed by atoms with E-state index in [2.05, 4.69) is 30.7 Å². The Hall–Kier alpha value is -3.33. The van der Waals surface area contributed by atoms with Crippen LogP contribution in [0.3, 0.4) is 0 Å². The summed E-state index contributed by atoms with van der Waals surface area (Å²) in [6.45, 7) is 3.34. The summed E-state index contributed by atoms with van der Waals surface area (Å²) in [5, 5.41) is 2.72. The Bertz CT molecular complexity index is 1020. The molecular weight excluding hydrogens is 322 g/mol. The van der Waals surface area contributed by atoms with Crippen molar-refractivity contribution in [2.75, 3.05) is 5.32 Å². The number of aromatic amines is 1. The molecule has 0 bridgehead atoms. The minimum Gasteiger partial charge on any atom is -0.338 e. The van der Waals surface area contributed by atoms with Crippen molar-refractivity contribution in [1.29, 1.82) is 0 Å². The number of nitrogens with one attached hydrogen (secondary N) is 3. The third kappa shape index (κ3) is 2.09. The largest absolute Gasteiger partial charge is 0.338 e. The van der Waals surface area contributed by atoms with Crippen LogP contribution >= 0.6 is 0 Å². The number of imidazole rings is 1. The van der Waals surface area contributed by atoms with Gasteiger partial charge in [-0.2, -0.15) is 0 Å². The van der Waals surface area contributed by atoms with E-state index in [-0.39, 0.29) is 0 Å². The highest BCUT2D eigenvalue weighted by Crippen LogP contribution is 2.40. The number of aryl methyl sites for hydroxylation is 1. The van der Waals surface area contributed by atoms with E-state index < -0.39 is 17.2 Å². The van der Waals surface area contributed by atoms with Gasteiger partial charge in [0.1, 0.15) is 11.6 Å². The van der Waals surface area contributed by atoms with E-state index in [0.29, 0.717) is 33.9 Å². The Balaban J connectivity index is 1.86. The zero-order valence-electron chi connectivity index (χ0n) is 13.5. The number of hydrogen-bond donors (Lipinski definition) is 4. The number of benzene rings is 1. The molecule has 1 unspecified atom stereocenters. The first-order valence-electron chi connectivity index (χ1n) is 7.59. The molecule has 1 aliphatic heterocycles. The molecule has 4 rings (SSSR count). The van der Waals surface area contributed by atoms with Crippen molar-refractivity contribution in [3.8, 4) is 11.4 Å². The van der Waals surface area contributed by atoms with Gasteiger partial charge in [0.15, 0.2) is 5.41 Å². The number of nitrogens with two attached hydrogens (primary N) is 1. The highest BCUT2D eigenvalue weighted by Gasteiger charge is 2.49. The van der Waals surface area contributed by atoms with Gasteiger partial charge >= 0.3 is 0 Å². The van der Waals surface area contributed by atoms with Crippen LogP contribution in [-0.4, -0.2) is 31.8 Å². The zero-order chi connectivity index (χ0) is 17.8. The second kappa shape index (κ2) is 5.08. The maximum atomic E-state index is 12.3. The molecule has 3 aromatic rings. The van der Waals surface area contributed by atoms with Crippen LogP contribution in [0.25, 0.3) is 22.4 Å². The van der Waals surface area contributed by atoms with Crippen LogP contribution in [0.15, 0.2) is 24.5 Å². The monoisotopic (exact) mass is 337 g/mol.